The van der Waals surface area contributed by atoms with Crippen LogP contribution in [-0.2, 0) is 0 Å². The van der Waals surface area contributed by atoms with E-state index in [-0.39, 0.29) is 6.04 Å². The van der Waals surface area contributed by atoms with Crippen molar-refractivity contribution in [1.29, 1.82) is 0 Å². The highest BCUT2D eigenvalue weighted by molar-refractivity contribution is 5.65. The van der Waals surface area contributed by atoms with Gasteiger partial charge in [0.25, 0.3) is 0 Å². The first-order valence-corrected chi connectivity index (χ1v) is 6.42. The first-order chi connectivity index (χ1) is 7.68. The second-order valence-corrected chi connectivity index (χ2v) is 5.10. The Kier molecular flexibility index (Phi) is 3.69. The Morgan fingerprint density at radius 3 is 2.44 bits per heavy atom. The number of carbonyl (C=O) groups is 1. The molecule has 16 heavy (non-hydrogen) atoms. The summed E-state index contributed by atoms with van der Waals surface area (Å²) in [4.78, 5) is 15.1. The first-order valence-electron chi connectivity index (χ1n) is 6.42. The molecule has 1 amide bonds. The molecule has 0 spiro atoms. The normalized spacial score (nSPS) is 32.7. The Hall–Kier alpha value is -0.770. The molecule has 0 aromatic rings. The molecule has 2 rings (SSSR count). The van der Waals surface area contributed by atoms with Crippen LogP contribution >= 0.6 is 0 Å². The number of piperidine rings is 2. The molecule has 2 aliphatic heterocycles. The molecule has 2 heterocycles. The van der Waals surface area contributed by atoms with Gasteiger partial charge in [0.05, 0.1) is 0 Å². The number of rotatable bonds is 1. The molecule has 2 atom stereocenters. The molecule has 92 valence electrons. The summed E-state index contributed by atoms with van der Waals surface area (Å²) >= 11 is 0. The van der Waals surface area contributed by atoms with E-state index in [4.69, 9.17) is 5.11 Å². The van der Waals surface area contributed by atoms with Crippen LogP contribution in [0.4, 0.5) is 4.79 Å². The molecule has 4 heteroatoms. The number of likely N-dealkylation sites (tertiary alicyclic amines) is 2. The lowest BCUT2D eigenvalue weighted by Gasteiger charge is -2.42. The van der Waals surface area contributed by atoms with E-state index in [1.807, 2.05) is 6.92 Å². The summed E-state index contributed by atoms with van der Waals surface area (Å²) in [6.07, 6.45) is 5.24. The summed E-state index contributed by atoms with van der Waals surface area (Å²) in [5, 5.41) is 9.02. The van der Waals surface area contributed by atoms with Crippen LogP contribution in [-0.4, -0.2) is 52.7 Å². The van der Waals surface area contributed by atoms with Crippen molar-refractivity contribution in [2.75, 3.05) is 19.6 Å². The molecule has 4 nitrogen and oxygen atoms in total. The van der Waals surface area contributed by atoms with Gasteiger partial charge in [0.2, 0.25) is 0 Å². The van der Waals surface area contributed by atoms with Gasteiger partial charge in [0.1, 0.15) is 0 Å². The molecule has 1 N–H and O–H groups in total. The smallest absolute Gasteiger partial charge is 0.407 e. The molecule has 0 aliphatic carbocycles. The topological polar surface area (TPSA) is 43.8 Å². The number of carboxylic acid groups (broad SMARTS) is 1. The molecule has 2 fully saturated rings. The zero-order valence-electron chi connectivity index (χ0n) is 10.1. The Bertz CT molecular complexity index is 251. The fourth-order valence-electron chi connectivity index (χ4n) is 3.05. The monoisotopic (exact) mass is 226 g/mol. The van der Waals surface area contributed by atoms with Crippen LogP contribution in [0.5, 0.6) is 0 Å². The first kappa shape index (κ1) is 11.7. The molecule has 2 saturated heterocycles. The van der Waals surface area contributed by atoms with Crippen LogP contribution in [0, 0.1) is 0 Å². The Morgan fingerprint density at radius 2 is 1.88 bits per heavy atom. The average molecular weight is 226 g/mol. The van der Waals surface area contributed by atoms with E-state index >= 15 is 0 Å². The average Bonchev–Trinajstić information content (AvgIpc) is 2.29. The lowest BCUT2D eigenvalue weighted by molar-refractivity contribution is 0.0592. The molecule has 0 aromatic carbocycles. The van der Waals surface area contributed by atoms with Crippen molar-refractivity contribution in [3.63, 3.8) is 0 Å². The molecule has 1 unspecified atom stereocenters. The summed E-state index contributed by atoms with van der Waals surface area (Å²) in [5.41, 5.74) is 0. The van der Waals surface area contributed by atoms with Crippen molar-refractivity contribution < 1.29 is 9.90 Å². The maximum absolute atomic E-state index is 11.0. The van der Waals surface area contributed by atoms with Gasteiger partial charge in [-0.25, -0.2) is 4.79 Å². The minimum Gasteiger partial charge on any atom is -0.465 e. The quantitative estimate of drug-likeness (QED) is 0.743. The number of hydrogen-bond acceptors (Lipinski definition) is 2. The van der Waals surface area contributed by atoms with Gasteiger partial charge in [0, 0.05) is 18.6 Å². The maximum atomic E-state index is 11.0. The minimum absolute atomic E-state index is 0.179. The summed E-state index contributed by atoms with van der Waals surface area (Å²) < 4.78 is 0. The summed E-state index contributed by atoms with van der Waals surface area (Å²) in [6, 6.07) is 0.795. The van der Waals surface area contributed by atoms with Crippen LogP contribution in [0.3, 0.4) is 0 Å². The maximum Gasteiger partial charge on any atom is 0.407 e. The van der Waals surface area contributed by atoms with E-state index in [9.17, 15) is 4.79 Å². The highest BCUT2D eigenvalue weighted by atomic mass is 16.4. The SMILES string of the molecule is C[C@H]1CC(N2CCCCC2)CCN1C(=O)O. The van der Waals surface area contributed by atoms with Crippen molar-refractivity contribution in [3.8, 4) is 0 Å². The van der Waals surface area contributed by atoms with E-state index in [1.54, 1.807) is 4.90 Å². The predicted molar refractivity (Wildman–Crippen MR) is 62.6 cm³/mol. The van der Waals surface area contributed by atoms with Crippen molar-refractivity contribution >= 4 is 6.09 Å². The lowest BCUT2D eigenvalue weighted by atomic mass is 9.95. The summed E-state index contributed by atoms with van der Waals surface area (Å²) in [6.45, 7) is 5.16. The van der Waals surface area contributed by atoms with Crippen LogP contribution in [0.1, 0.15) is 39.0 Å². The van der Waals surface area contributed by atoms with Crippen LogP contribution in [0.25, 0.3) is 0 Å². The number of amides is 1. The van der Waals surface area contributed by atoms with Gasteiger partial charge in [-0.05, 0) is 45.7 Å². The standard InChI is InChI=1S/C12H22N2O2/c1-10-9-11(5-8-14(10)12(15)16)13-6-3-2-4-7-13/h10-11H,2-9H2,1H3,(H,15,16)/t10-,11?/m0/s1. The van der Waals surface area contributed by atoms with Crippen molar-refractivity contribution in [2.24, 2.45) is 0 Å². The van der Waals surface area contributed by atoms with Gasteiger partial charge in [-0.15, -0.1) is 0 Å². The Balaban J connectivity index is 1.88. The van der Waals surface area contributed by atoms with Crippen molar-refractivity contribution in [1.82, 2.24) is 9.80 Å². The summed E-state index contributed by atoms with van der Waals surface area (Å²) in [7, 11) is 0. The molecule has 0 radical (unpaired) electrons. The third-order valence-corrected chi connectivity index (χ3v) is 4.00. The number of hydrogen-bond donors (Lipinski definition) is 1. The van der Waals surface area contributed by atoms with Gasteiger partial charge in [-0.2, -0.15) is 0 Å². The van der Waals surface area contributed by atoms with E-state index < -0.39 is 6.09 Å². The third kappa shape index (κ3) is 2.48. The number of nitrogens with zero attached hydrogens (tertiary/aromatic N) is 2. The second-order valence-electron chi connectivity index (χ2n) is 5.10. The highest BCUT2D eigenvalue weighted by Crippen LogP contribution is 2.24. The van der Waals surface area contributed by atoms with Crippen LogP contribution in [0.2, 0.25) is 0 Å². The largest absolute Gasteiger partial charge is 0.465 e. The van der Waals surface area contributed by atoms with E-state index in [0.717, 1.165) is 12.8 Å². The second kappa shape index (κ2) is 5.04. The molecular formula is C12H22N2O2. The Morgan fingerprint density at radius 1 is 1.19 bits per heavy atom. The zero-order chi connectivity index (χ0) is 11.5. The molecule has 0 saturated carbocycles. The Labute approximate surface area is 97.2 Å². The molecule has 0 aromatic heterocycles. The fourth-order valence-corrected chi connectivity index (χ4v) is 3.05. The molecular weight excluding hydrogens is 204 g/mol. The van der Waals surface area contributed by atoms with Crippen LogP contribution < -0.4 is 0 Å². The van der Waals surface area contributed by atoms with Crippen molar-refractivity contribution in [3.05, 3.63) is 0 Å². The van der Waals surface area contributed by atoms with Gasteiger partial charge in [-0.3, -0.25) is 0 Å². The molecule has 0 bridgehead atoms. The summed E-state index contributed by atoms with van der Waals surface area (Å²) in [5.74, 6) is 0. The lowest BCUT2D eigenvalue weighted by Crippen LogP contribution is -2.51. The van der Waals surface area contributed by atoms with E-state index in [1.165, 1.54) is 32.4 Å². The third-order valence-electron chi connectivity index (χ3n) is 4.00. The zero-order valence-corrected chi connectivity index (χ0v) is 10.1. The minimum atomic E-state index is -0.760. The predicted octanol–water partition coefficient (Wildman–Crippen LogP) is 2.00. The van der Waals surface area contributed by atoms with Gasteiger partial charge in [0.15, 0.2) is 0 Å². The fraction of sp³-hybridized carbons (Fsp3) is 0.917. The van der Waals surface area contributed by atoms with Gasteiger partial charge >= 0.3 is 6.09 Å². The van der Waals surface area contributed by atoms with Crippen LogP contribution in [0.15, 0.2) is 0 Å². The molecule has 2 aliphatic rings. The van der Waals surface area contributed by atoms with E-state index in [2.05, 4.69) is 4.90 Å². The van der Waals surface area contributed by atoms with E-state index in [0.29, 0.717) is 12.6 Å². The van der Waals surface area contributed by atoms with Crippen molar-refractivity contribution in [2.45, 2.75) is 51.1 Å². The van der Waals surface area contributed by atoms with Gasteiger partial charge < -0.3 is 14.9 Å². The van der Waals surface area contributed by atoms with Gasteiger partial charge in [-0.1, -0.05) is 6.42 Å². The highest BCUT2D eigenvalue weighted by Gasteiger charge is 2.31.